The van der Waals surface area contributed by atoms with E-state index in [9.17, 15) is 23.2 Å². The molecular weight excluding hydrogens is 528 g/mol. The van der Waals surface area contributed by atoms with Crippen LogP contribution in [-0.4, -0.2) is 45.7 Å². The van der Waals surface area contributed by atoms with Crippen molar-refractivity contribution in [2.75, 3.05) is 23.7 Å². The second-order valence-corrected chi connectivity index (χ2v) is 11.4. The van der Waals surface area contributed by atoms with Crippen LogP contribution in [0.2, 0.25) is 0 Å². The summed E-state index contributed by atoms with van der Waals surface area (Å²) < 4.78 is 23.9. The standard InChI is InChI=1S/C25H27N5O3.C6H4F2/c31-20(15-30-10-4-8-24(23(30)33)6-1-2-7-24)28-17-11-16-12-25(13-19(16)27-14-17)18-5-3-9-26-21(18)29-22(25)32;7-5-2-1-3-6(8)4-5/h3,5,9,11,14H,1-2,4,6-8,10,12-13,15H2,(H,28,31)(H,26,29,32);1-4H. The molecule has 1 saturated carbocycles. The van der Waals surface area contributed by atoms with Crippen molar-refractivity contribution >= 4 is 29.2 Å². The van der Waals surface area contributed by atoms with E-state index in [1.165, 1.54) is 18.2 Å². The lowest BCUT2D eigenvalue weighted by Gasteiger charge is -2.39. The van der Waals surface area contributed by atoms with E-state index in [4.69, 9.17) is 0 Å². The van der Waals surface area contributed by atoms with Crippen LogP contribution < -0.4 is 10.6 Å². The van der Waals surface area contributed by atoms with Gasteiger partial charge in [0.05, 0.1) is 23.8 Å². The van der Waals surface area contributed by atoms with Gasteiger partial charge in [-0.1, -0.05) is 25.0 Å². The zero-order chi connectivity index (χ0) is 28.6. The van der Waals surface area contributed by atoms with Crippen LogP contribution in [-0.2, 0) is 32.6 Å². The summed E-state index contributed by atoms with van der Waals surface area (Å²) in [5.74, 6) is -0.565. The number of carbonyl (C=O) groups excluding carboxylic acids is 3. The van der Waals surface area contributed by atoms with Gasteiger partial charge in [0, 0.05) is 41.9 Å². The third-order valence-corrected chi connectivity index (χ3v) is 8.80. The fourth-order valence-electron chi connectivity index (χ4n) is 6.84. The van der Waals surface area contributed by atoms with Gasteiger partial charge in [0.1, 0.15) is 17.5 Å². The number of pyridine rings is 2. The number of hydrogen-bond donors (Lipinski definition) is 2. The number of aromatic nitrogens is 2. The SMILES string of the molecule is Fc1cccc(F)c1.O=C(CN1CCCC2(CCCC2)C1=O)Nc1cnc2c(c1)CC1(C2)C(=O)Nc2ncccc21. The first-order valence-electron chi connectivity index (χ1n) is 14.0. The average Bonchev–Trinajstić information content (AvgIpc) is 3.64. The third kappa shape index (κ3) is 5.07. The average molecular weight is 560 g/mol. The Hall–Kier alpha value is -4.21. The molecule has 10 heteroatoms. The Morgan fingerprint density at radius 1 is 0.976 bits per heavy atom. The Morgan fingerprint density at radius 3 is 2.46 bits per heavy atom. The van der Waals surface area contributed by atoms with Crippen LogP contribution in [0.25, 0.3) is 0 Å². The summed E-state index contributed by atoms with van der Waals surface area (Å²) in [5, 5.41) is 5.82. The molecule has 0 bridgehead atoms. The molecule has 1 atom stereocenters. The van der Waals surface area contributed by atoms with Gasteiger partial charge in [-0.05, 0) is 61.9 Å². The van der Waals surface area contributed by atoms with E-state index in [1.807, 2.05) is 18.2 Å². The highest BCUT2D eigenvalue weighted by Crippen LogP contribution is 2.47. The van der Waals surface area contributed by atoms with Crippen LogP contribution in [0.5, 0.6) is 0 Å². The van der Waals surface area contributed by atoms with Crippen molar-refractivity contribution in [3.8, 4) is 0 Å². The Labute approximate surface area is 236 Å². The van der Waals surface area contributed by atoms with Gasteiger partial charge in [-0.15, -0.1) is 0 Å². The number of nitrogens with zero attached hydrogens (tertiary/aromatic N) is 3. The van der Waals surface area contributed by atoms with Gasteiger partial charge in [0.2, 0.25) is 17.7 Å². The van der Waals surface area contributed by atoms with E-state index in [0.29, 0.717) is 30.9 Å². The minimum Gasteiger partial charge on any atom is -0.333 e. The quantitative estimate of drug-likeness (QED) is 0.490. The molecule has 1 saturated heterocycles. The minimum atomic E-state index is -0.683. The monoisotopic (exact) mass is 559 g/mol. The van der Waals surface area contributed by atoms with Crippen molar-refractivity contribution in [2.45, 2.75) is 56.8 Å². The second-order valence-electron chi connectivity index (χ2n) is 11.4. The first-order chi connectivity index (χ1) is 19.8. The summed E-state index contributed by atoms with van der Waals surface area (Å²) in [6, 6.07) is 10.3. The van der Waals surface area contributed by atoms with E-state index < -0.39 is 17.0 Å². The maximum Gasteiger partial charge on any atom is 0.244 e. The normalized spacial score (nSPS) is 21.8. The number of likely N-dealkylation sites (tertiary alicyclic amines) is 1. The van der Waals surface area contributed by atoms with Crippen molar-refractivity contribution in [1.82, 2.24) is 14.9 Å². The molecule has 212 valence electrons. The summed E-state index contributed by atoms with van der Waals surface area (Å²) in [5.41, 5.74) is 2.42. The Balaban J connectivity index is 0.000000328. The fourth-order valence-corrected chi connectivity index (χ4v) is 6.84. The van der Waals surface area contributed by atoms with Crippen LogP contribution in [0.3, 0.4) is 0 Å². The molecule has 4 heterocycles. The lowest BCUT2D eigenvalue weighted by atomic mass is 9.77. The van der Waals surface area contributed by atoms with Crippen LogP contribution in [0.1, 0.15) is 55.3 Å². The number of fused-ring (bicyclic) bond motifs is 3. The van der Waals surface area contributed by atoms with Crippen molar-refractivity contribution in [1.29, 1.82) is 0 Å². The van der Waals surface area contributed by atoms with Crippen LogP contribution in [0.15, 0.2) is 54.9 Å². The van der Waals surface area contributed by atoms with Crippen LogP contribution in [0.4, 0.5) is 20.3 Å². The van der Waals surface area contributed by atoms with Crippen molar-refractivity contribution in [3.05, 3.63) is 83.3 Å². The summed E-state index contributed by atoms with van der Waals surface area (Å²) in [6.07, 6.45) is 10.4. The molecule has 8 nitrogen and oxygen atoms in total. The number of hydrogen-bond acceptors (Lipinski definition) is 5. The van der Waals surface area contributed by atoms with Crippen molar-refractivity contribution < 1.29 is 23.2 Å². The topological polar surface area (TPSA) is 104 Å². The fraction of sp³-hybridized carbons (Fsp3) is 0.387. The Bertz CT molecular complexity index is 1510. The number of amides is 3. The summed E-state index contributed by atoms with van der Waals surface area (Å²) >= 11 is 0. The lowest BCUT2D eigenvalue weighted by molar-refractivity contribution is -0.148. The minimum absolute atomic E-state index is 0.0516. The summed E-state index contributed by atoms with van der Waals surface area (Å²) in [7, 11) is 0. The number of piperidine rings is 1. The Morgan fingerprint density at radius 2 is 1.73 bits per heavy atom. The highest BCUT2D eigenvalue weighted by atomic mass is 19.1. The summed E-state index contributed by atoms with van der Waals surface area (Å²) in [4.78, 5) is 49.3. The first-order valence-corrected chi connectivity index (χ1v) is 14.0. The zero-order valence-corrected chi connectivity index (χ0v) is 22.6. The maximum atomic E-state index is 13.1. The molecule has 3 amide bonds. The summed E-state index contributed by atoms with van der Waals surface area (Å²) in [6.45, 7) is 0.713. The molecule has 1 aromatic carbocycles. The van der Waals surface area contributed by atoms with Crippen molar-refractivity contribution in [3.63, 3.8) is 0 Å². The molecule has 3 aromatic rings. The molecule has 2 aliphatic carbocycles. The predicted molar refractivity (Wildman–Crippen MR) is 148 cm³/mol. The molecule has 0 radical (unpaired) electrons. The van der Waals surface area contributed by atoms with Crippen molar-refractivity contribution in [2.24, 2.45) is 5.41 Å². The molecule has 2 N–H and O–H groups in total. The highest BCUT2D eigenvalue weighted by Gasteiger charge is 2.51. The molecule has 4 aliphatic rings. The van der Waals surface area contributed by atoms with Gasteiger partial charge < -0.3 is 15.5 Å². The van der Waals surface area contributed by atoms with E-state index in [1.54, 1.807) is 17.3 Å². The smallest absolute Gasteiger partial charge is 0.244 e. The molecular formula is C31H31F2N5O3. The number of carbonyl (C=O) groups is 3. The molecule has 7 rings (SSSR count). The van der Waals surface area contributed by atoms with Gasteiger partial charge in [-0.3, -0.25) is 19.4 Å². The van der Waals surface area contributed by atoms with E-state index in [2.05, 4.69) is 20.6 Å². The lowest BCUT2D eigenvalue weighted by Crippen LogP contribution is -2.50. The van der Waals surface area contributed by atoms with Crippen LogP contribution >= 0.6 is 0 Å². The molecule has 2 aromatic heterocycles. The molecule has 2 fully saturated rings. The second kappa shape index (κ2) is 10.6. The number of halogens is 2. The molecule has 2 spiro atoms. The van der Waals surface area contributed by atoms with Crippen LogP contribution in [0, 0.1) is 17.0 Å². The zero-order valence-electron chi connectivity index (χ0n) is 22.6. The predicted octanol–water partition coefficient (Wildman–Crippen LogP) is 4.55. The Kier molecular flexibility index (Phi) is 7.01. The largest absolute Gasteiger partial charge is 0.333 e. The number of rotatable bonds is 3. The number of anilines is 2. The van der Waals surface area contributed by atoms with E-state index >= 15 is 0 Å². The van der Waals surface area contributed by atoms with Gasteiger partial charge in [-0.2, -0.15) is 0 Å². The van der Waals surface area contributed by atoms with Gasteiger partial charge in [0.25, 0.3) is 0 Å². The molecule has 1 unspecified atom stereocenters. The first kappa shape index (κ1) is 27.0. The molecule has 41 heavy (non-hydrogen) atoms. The van der Waals surface area contributed by atoms with Gasteiger partial charge in [0.15, 0.2) is 0 Å². The number of nitrogens with one attached hydrogen (secondary N) is 2. The highest BCUT2D eigenvalue weighted by molar-refractivity contribution is 6.06. The van der Waals surface area contributed by atoms with E-state index in [0.717, 1.165) is 61.4 Å². The molecule has 2 aliphatic heterocycles. The number of benzene rings is 1. The van der Waals surface area contributed by atoms with E-state index in [-0.39, 0.29) is 29.7 Å². The van der Waals surface area contributed by atoms with Gasteiger partial charge in [-0.25, -0.2) is 13.8 Å². The third-order valence-electron chi connectivity index (χ3n) is 8.80. The maximum absolute atomic E-state index is 13.1. The van der Waals surface area contributed by atoms with Gasteiger partial charge >= 0.3 is 0 Å².